The number of anilines is 1. The zero-order valence-electron chi connectivity index (χ0n) is 21.4. The Balaban J connectivity index is 1.37. The first-order valence-electron chi connectivity index (χ1n) is 12.8. The van der Waals surface area contributed by atoms with Crippen molar-refractivity contribution in [3.63, 3.8) is 0 Å². The minimum absolute atomic E-state index is 0.0628. The van der Waals surface area contributed by atoms with Gasteiger partial charge in [0, 0.05) is 50.9 Å². The third-order valence-electron chi connectivity index (χ3n) is 7.20. The number of pyridine rings is 1. The summed E-state index contributed by atoms with van der Waals surface area (Å²) < 4.78 is 7.97. The maximum atomic E-state index is 13.7. The van der Waals surface area contributed by atoms with Gasteiger partial charge < -0.3 is 18.9 Å². The molecule has 2 aromatic heterocycles. The number of benzene rings is 2. The van der Waals surface area contributed by atoms with E-state index in [1.807, 2.05) is 42.3 Å². The molecule has 0 radical (unpaired) electrons. The van der Waals surface area contributed by atoms with Crippen molar-refractivity contribution in [2.75, 3.05) is 37.7 Å². The molecule has 6 heteroatoms. The second kappa shape index (κ2) is 10.4. The van der Waals surface area contributed by atoms with Crippen LogP contribution in [0.1, 0.15) is 41.6 Å². The van der Waals surface area contributed by atoms with Gasteiger partial charge in [-0.2, -0.15) is 0 Å². The van der Waals surface area contributed by atoms with Crippen LogP contribution in [-0.2, 0) is 4.79 Å². The highest BCUT2D eigenvalue weighted by Gasteiger charge is 2.28. The van der Waals surface area contributed by atoms with E-state index in [1.165, 1.54) is 11.1 Å². The lowest BCUT2D eigenvalue weighted by Crippen LogP contribution is -2.49. The quantitative estimate of drug-likeness (QED) is 0.362. The number of imidazole rings is 1. The third-order valence-corrected chi connectivity index (χ3v) is 7.20. The van der Waals surface area contributed by atoms with Crippen molar-refractivity contribution >= 4 is 17.2 Å². The monoisotopic (exact) mass is 482 g/mol. The molecule has 1 saturated heterocycles. The number of para-hydroxylation sites is 2. The van der Waals surface area contributed by atoms with Crippen molar-refractivity contribution in [3.05, 3.63) is 95.4 Å². The maximum Gasteiger partial charge on any atom is 0.223 e. The molecule has 1 amide bonds. The molecule has 36 heavy (non-hydrogen) atoms. The second-order valence-electron chi connectivity index (χ2n) is 9.45. The molecule has 1 unspecified atom stereocenters. The molecule has 0 bridgehead atoms. The molecule has 1 aliphatic heterocycles. The number of carbonyl (C=O) groups excluding carboxylic acids is 1. The summed E-state index contributed by atoms with van der Waals surface area (Å²) in [4.78, 5) is 22.7. The Morgan fingerprint density at radius 2 is 1.67 bits per heavy atom. The Kier molecular flexibility index (Phi) is 6.94. The molecular weight excluding hydrogens is 448 g/mol. The highest BCUT2D eigenvalue weighted by molar-refractivity contribution is 5.78. The van der Waals surface area contributed by atoms with Gasteiger partial charge in [0.25, 0.3) is 0 Å². The Labute approximate surface area is 213 Å². The Morgan fingerprint density at radius 3 is 2.44 bits per heavy atom. The van der Waals surface area contributed by atoms with Crippen molar-refractivity contribution in [2.24, 2.45) is 0 Å². The van der Waals surface area contributed by atoms with E-state index in [1.54, 1.807) is 0 Å². The van der Waals surface area contributed by atoms with E-state index in [2.05, 4.69) is 65.7 Å². The molecular formula is C30H34N4O2. The molecule has 0 spiro atoms. The van der Waals surface area contributed by atoms with Gasteiger partial charge >= 0.3 is 0 Å². The Hall–Kier alpha value is -3.80. The summed E-state index contributed by atoms with van der Waals surface area (Å²) >= 11 is 0. The molecule has 5 rings (SSSR count). The van der Waals surface area contributed by atoms with Gasteiger partial charge in [0.1, 0.15) is 11.4 Å². The van der Waals surface area contributed by atoms with E-state index in [4.69, 9.17) is 9.72 Å². The number of hydrogen-bond acceptors (Lipinski definition) is 4. The van der Waals surface area contributed by atoms with Gasteiger partial charge in [0.05, 0.1) is 18.0 Å². The largest absolute Gasteiger partial charge is 0.492 e. The summed E-state index contributed by atoms with van der Waals surface area (Å²) in [5, 5.41) is 0. The lowest BCUT2D eigenvalue weighted by atomic mass is 9.89. The van der Waals surface area contributed by atoms with Crippen LogP contribution in [0.25, 0.3) is 5.65 Å². The van der Waals surface area contributed by atoms with Crippen molar-refractivity contribution in [1.82, 2.24) is 14.3 Å². The van der Waals surface area contributed by atoms with Gasteiger partial charge in [0.15, 0.2) is 0 Å². The van der Waals surface area contributed by atoms with Gasteiger partial charge in [-0.05, 0) is 55.7 Å². The normalized spacial score (nSPS) is 14.8. The third kappa shape index (κ3) is 4.68. The van der Waals surface area contributed by atoms with Gasteiger partial charge in [-0.1, -0.05) is 42.5 Å². The Bertz CT molecular complexity index is 1350. The predicted molar refractivity (Wildman–Crippen MR) is 144 cm³/mol. The van der Waals surface area contributed by atoms with Crippen LogP contribution in [0.2, 0.25) is 0 Å². The summed E-state index contributed by atoms with van der Waals surface area (Å²) in [5.74, 6) is 1.03. The summed E-state index contributed by atoms with van der Waals surface area (Å²) in [6, 6.07) is 20.7. The molecule has 186 valence electrons. The molecule has 2 aromatic carbocycles. The molecule has 1 fully saturated rings. The molecule has 4 aromatic rings. The summed E-state index contributed by atoms with van der Waals surface area (Å²) in [7, 11) is 0. The van der Waals surface area contributed by atoms with E-state index >= 15 is 0 Å². The van der Waals surface area contributed by atoms with Crippen LogP contribution in [0, 0.1) is 13.8 Å². The maximum absolute atomic E-state index is 13.7. The number of ether oxygens (including phenoxy) is 1. The minimum Gasteiger partial charge on any atom is -0.492 e. The van der Waals surface area contributed by atoms with Gasteiger partial charge in [0.2, 0.25) is 5.91 Å². The SMILES string of the molecule is CCOc1ccccc1N1CCN(C(=O)CC(c2ccccc2C)c2cnc3c(C)cccn23)CC1. The highest BCUT2D eigenvalue weighted by Crippen LogP contribution is 2.33. The van der Waals surface area contributed by atoms with Crippen molar-refractivity contribution < 1.29 is 9.53 Å². The number of hydrogen-bond donors (Lipinski definition) is 0. The van der Waals surface area contributed by atoms with Crippen LogP contribution in [0.4, 0.5) is 5.69 Å². The molecule has 0 N–H and O–H groups in total. The highest BCUT2D eigenvalue weighted by atomic mass is 16.5. The molecule has 0 aliphatic carbocycles. The zero-order valence-corrected chi connectivity index (χ0v) is 21.4. The smallest absolute Gasteiger partial charge is 0.223 e. The van der Waals surface area contributed by atoms with Crippen molar-refractivity contribution in [3.8, 4) is 5.75 Å². The number of fused-ring (bicyclic) bond motifs is 1. The zero-order chi connectivity index (χ0) is 25.1. The molecule has 6 nitrogen and oxygen atoms in total. The number of piperazine rings is 1. The number of nitrogens with zero attached hydrogens (tertiary/aromatic N) is 4. The van der Waals surface area contributed by atoms with E-state index in [9.17, 15) is 4.79 Å². The molecule has 1 atom stereocenters. The summed E-state index contributed by atoms with van der Waals surface area (Å²) in [6.45, 7) is 9.82. The van der Waals surface area contributed by atoms with Crippen LogP contribution < -0.4 is 9.64 Å². The predicted octanol–water partition coefficient (Wildman–Crippen LogP) is 5.22. The first-order chi connectivity index (χ1) is 17.6. The number of aryl methyl sites for hydroxylation is 2. The molecule has 0 saturated carbocycles. The second-order valence-corrected chi connectivity index (χ2v) is 9.45. The fourth-order valence-electron chi connectivity index (χ4n) is 5.28. The number of aromatic nitrogens is 2. The first-order valence-corrected chi connectivity index (χ1v) is 12.8. The van der Waals surface area contributed by atoms with Crippen LogP contribution in [-0.4, -0.2) is 53.0 Å². The molecule has 3 heterocycles. The number of rotatable bonds is 7. The average molecular weight is 483 g/mol. The van der Waals surface area contributed by atoms with Crippen LogP contribution in [0.3, 0.4) is 0 Å². The Morgan fingerprint density at radius 1 is 0.944 bits per heavy atom. The standard InChI is InChI=1S/C30H34N4O2/c1-4-36-28-14-8-7-13-26(28)32-16-18-33(19-17-32)29(35)20-25(24-12-6-5-10-22(24)2)27-21-31-30-23(3)11-9-15-34(27)30/h5-15,21,25H,4,16-20H2,1-3H3. The summed E-state index contributed by atoms with van der Waals surface area (Å²) in [6.07, 6.45) is 4.41. The van der Waals surface area contributed by atoms with Crippen LogP contribution in [0.15, 0.2) is 73.1 Å². The van der Waals surface area contributed by atoms with Crippen LogP contribution in [0.5, 0.6) is 5.75 Å². The summed E-state index contributed by atoms with van der Waals surface area (Å²) in [5.41, 5.74) is 6.60. The fourth-order valence-corrected chi connectivity index (χ4v) is 5.28. The average Bonchev–Trinajstić information content (AvgIpc) is 3.34. The van der Waals surface area contributed by atoms with E-state index < -0.39 is 0 Å². The van der Waals surface area contributed by atoms with E-state index in [0.717, 1.165) is 41.4 Å². The topological polar surface area (TPSA) is 50.1 Å². The number of amides is 1. The van der Waals surface area contributed by atoms with Crippen LogP contribution >= 0.6 is 0 Å². The lowest BCUT2D eigenvalue weighted by molar-refractivity contribution is -0.131. The lowest BCUT2D eigenvalue weighted by Gasteiger charge is -2.37. The number of carbonyl (C=O) groups is 1. The van der Waals surface area contributed by atoms with Crippen molar-refractivity contribution in [2.45, 2.75) is 33.1 Å². The van der Waals surface area contributed by atoms with Crippen molar-refractivity contribution in [1.29, 1.82) is 0 Å². The molecule has 1 aliphatic rings. The van der Waals surface area contributed by atoms with Gasteiger partial charge in [-0.3, -0.25) is 4.79 Å². The van der Waals surface area contributed by atoms with Gasteiger partial charge in [-0.25, -0.2) is 4.98 Å². The van der Waals surface area contributed by atoms with E-state index in [-0.39, 0.29) is 11.8 Å². The minimum atomic E-state index is -0.0628. The van der Waals surface area contributed by atoms with Gasteiger partial charge in [-0.15, -0.1) is 0 Å². The van der Waals surface area contributed by atoms with E-state index in [0.29, 0.717) is 26.1 Å². The fraction of sp³-hybridized carbons (Fsp3) is 0.333. The first kappa shape index (κ1) is 23.9.